The van der Waals surface area contributed by atoms with E-state index in [2.05, 4.69) is 6.92 Å². The highest BCUT2D eigenvalue weighted by Crippen LogP contribution is 2.40. The topological polar surface area (TPSA) is 48.0 Å². The number of hydrogen-bond acceptors (Lipinski definition) is 4. The van der Waals surface area contributed by atoms with Crippen LogP contribution in [0.15, 0.2) is 6.07 Å². The Morgan fingerprint density at radius 3 is 2.48 bits per heavy atom. The highest BCUT2D eigenvalue weighted by Gasteiger charge is 2.52. The van der Waals surface area contributed by atoms with Gasteiger partial charge in [-0.05, 0) is 65.1 Å². The first-order chi connectivity index (χ1) is 12.5. The maximum atomic E-state index is 13.2. The van der Waals surface area contributed by atoms with Crippen molar-refractivity contribution in [1.29, 1.82) is 0 Å². The van der Waals surface area contributed by atoms with Gasteiger partial charge in [-0.15, -0.1) is 0 Å². The summed E-state index contributed by atoms with van der Waals surface area (Å²) >= 11 is 6.67. The number of rotatable bonds is 1. The summed E-state index contributed by atoms with van der Waals surface area (Å²) in [5, 5.41) is 0.473. The van der Waals surface area contributed by atoms with Gasteiger partial charge in [-0.1, -0.05) is 11.6 Å². The van der Waals surface area contributed by atoms with Gasteiger partial charge in [-0.3, -0.25) is 4.79 Å². The number of carbonyl (C=O) groups excluding carboxylic acids is 1. The van der Waals surface area contributed by atoms with Crippen molar-refractivity contribution in [3.63, 3.8) is 0 Å². The van der Waals surface area contributed by atoms with Crippen LogP contribution in [0.2, 0.25) is 5.02 Å². The van der Waals surface area contributed by atoms with Gasteiger partial charge < -0.3 is 18.9 Å². The monoisotopic (exact) mass is 391 g/mol. The second-order valence-electron chi connectivity index (χ2n) is 9.09. The lowest BCUT2D eigenvalue weighted by Gasteiger charge is -2.32. The SMILES string of the molecule is Cc1c(B2OC(C)(C)C(C)(C)O2)cc2c(c1Cl)OCC1C[C@H](C)N(C1)C2=O. The van der Waals surface area contributed by atoms with Gasteiger partial charge in [0, 0.05) is 18.5 Å². The number of halogens is 1. The fourth-order valence-electron chi connectivity index (χ4n) is 4.16. The van der Waals surface area contributed by atoms with Crippen molar-refractivity contribution in [2.24, 2.45) is 5.92 Å². The van der Waals surface area contributed by atoms with Gasteiger partial charge in [0.2, 0.25) is 0 Å². The van der Waals surface area contributed by atoms with Crippen molar-refractivity contribution in [2.75, 3.05) is 13.2 Å². The molecule has 1 aromatic carbocycles. The summed E-state index contributed by atoms with van der Waals surface area (Å²) in [6.45, 7) is 13.4. The first-order valence-corrected chi connectivity index (χ1v) is 10.0. The van der Waals surface area contributed by atoms with Gasteiger partial charge in [0.15, 0.2) is 5.75 Å². The summed E-state index contributed by atoms with van der Waals surface area (Å²) in [6.07, 6.45) is 0.959. The molecular formula is C20H27BClNO4. The molecule has 4 rings (SSSR count). The van der Waals surface area contributed by atoms with Crippen molar-refractivity contribution < 1.29 is 18.8 Å². The number of carbonyl (C=O) groups is 1. The second-order valence-corrected chi connectivity index (χ2v) is 9.47. The van der Waals surface area contributed by atoms with E-state index in [1.54, 1.807) is 0 Å². The lowest BCUT2D eigenvalue weighted by molar-refractivity contribution is 0.00578. The van der Waals surface area contributed by atoms with Crippen molar-refractivity contribution in [2.45, 2.75) is 65.2 Å². The minimum Gasteiger partial charge on any atom is -0.491 e. The van der Waals surface area contributed by atoms with Gasteiger partial charge in [-0.2, -0.15) is 0 Å². The molecule has 27 heavy (non-hydrogen) atoms. The van der Waals surface area contributed by atoms with Crippen LogP contribution in [0.4, 0.5) is 0 Å². The number of hydrogen-bond donors (Lipinski definition) is 0. The van der Waals surface area contributed by atoms with Crippen LogP contribution in [0.3, 0.4) is 0 Å². The van der Waals surface area contributed by atoms with Crippen LogP contribution in [0.1, 0.15) is 57.0 Å². The van der Waals surface area contributed by atoms with E-state index in [9.17, 15) is 4.79 Å². The third kappa shape index (κ3) is 2.88. The molecule has 2 fully saturated rings. The Hall–Kier alpha value is -1.24. The minimum absolute atomic E-state index is 0.0284. The Morgan fingerprint density at radius 1 is 1.22 bits per heavy atom. The highest BCUT2D eigenvalue weighted by atomic mass is 35.5. The zero-order valence-corrected chi connectivity index (χ0v) is 17.6. The fraction of sp³-hybridized carbons (Fsp3) is 0.650. The molecule has 0 spiro atoms. The van der Waals surface area contributed by atoms with E-state index in [4.69, 9.17) is 25.6 Å². The van der Waals surface area contributed by atoms with E-state index in [0.29, 0.717) is 28.9 Å². The molecule has 0 N–H and O–H groups in total. The van der Waals surface area contributed by atoms with Gasteiger partial charge >= 0.3 is 7.12 Å². The summed E-state index contributed by atoms with van der Waals surface area (Å²) < 4.78 is 18.4. The Kier molecular flexibility index (Phi) is 4.34. The normalized spacial score (nSPS) is 28.6. The summed E-state index contributed by atoms with van der Waals surface area (Å²) in [6, 6.07) is 2.06. The third-order valence-electron chi connectivity index (χ3n) is 6.63. The number of benzene rings is 1. The predicted octanol–water partition coefficient (Wildman–Crippen LogP) is 3.19. The molecule has 0 radical (unpaired) electrons. The molecule has 5 nitrogen and oxygen atoms in total. The van der Waals surface area contributed by atoms with Crippen LogP contribution >= 0.6 is 11.6 Å². The van der Waals surface area contributed by atoms with Crippen molar-refractivity contribution in [3.8, 4) is 5.75 Å². The largest absolute Gasteiger partial charge is 0.495 e. The number of ether oxygens (including phenoxy) is 1. The highest BCUT2D eigenvalue weighted by molar-refractivity contribution is 6.63. The number of nitrogens with zero attached hydrogens (tertiary/aromatic N) is 1. The quantitative estimate of drug-likeness (QED) is 0.690. The molecule has 1 aromatic rings. The standard InChI is InChI=1S/C20H27BClNO4/c1-11-7-13-9-23(11)18(24)14-8-15(12(2)16(22)17(14)25-10-13)21-26-19(3,4)20(5,6)27-21/h8,11,13H,7,9-10H2,1-6H3/t11-,13?/m0/s1. The second kappa shape index (κ2) is 6.13. The maximum Gasteiger partial charge on any atom is 0.495 e. The van der Waals surface area contributed by atoms with Crippen LogP contribution < -0.4 is 10.2 Å². The first kappa shape index (κ1) is 19.1. The Bertz CT molecular complexity index is 794. The predicted molar refractivity (Wildman–Crippen MR) is 106 cm³/mol. The van der Waals surface area contributed by atoms with Crippen molar-refractivity contribution >= 4 is 30.1 Å². The van der Waals surface area contributed by atoms with Crippen LogP contribution in [0.25, 0.3) is 0 Å². The van der Waals surface area contributed by atoms with Crippen LogP contribution in [0.5, 0.6) is 5.75 Å². The molecule has 2 saturated heterocycles. The summed E-state index contributed by atoms with van der Waals surface area (Å²) in [7, 11) is -0.570. The molecule has 3 aliphatic rings. The molecule has 1 unspecified atom stereocenters. The van der Waals surface area contributed by atoms with Gasteiger partial charge in [0.1, 0.15) is 0 Å². The molecule has 2 atom stereocenters. The van der Waals surface area contributed by atoms with Crippen molar-refractivity contribution in [1.82, 2.24) is 4.90 Å². The molecular weight excluding hydrogens is 364 g/mol. The fourth-order valence-corrected chi connectivity index (χ4v) is 4.43. The molecule has 3 aliphatic heterocycles. The maximum absolute atomic E-state index is 13.2. The third-order valence-corrected chi connectivity index (χ3v) is 7.08. The average molecular weight is 392 g/mol. The van der Waals surface area contributed by atoms with E-state index in [1.165, 1.54) is 0 Å². The van der Waals surface area contributed by atoms with E-state index in [-0.39, 0.29) is 11.9 Å². The van der Waals surface area contributed by atoms with E-state index >= 15 is 0 Å². The lowest BCUT2D eigenvalue weighted by atomic mass is 9.75. The molecule has 146 valence electrons. The Labute approximate surface area is 166 Å². The van der Waals surface area contributed by atoms with Gasteiger partial charge in [-0.25, -0.2) is 0 Å². The molecule has 0 aliphatic carbocycles. The van der Waals surface area contributed by atoms with E-state index in [1.807, 2.05) is 45.6 Å². The van der Waals surface area contributed by atoms with Crippen molar-refractivity contribution in [3.05, 3.63) is 22.2 Å². The molecule has 1 amide bonds. The zero-order chi connectivity index (χ0) is 19.7. The summed E-state index contributed by atoms with van der Waals surface area (Å²) in [5.74, 6) is 0.818. The minimum atomic E-state index is -0.570. The Balaban J connectivity index is 1.80. The average Bonchev–Trinajstić information content (AvgIpc) is 3.04. The van der Waals surface area contributed by atoms with Crippen LogP contribution in [-0.2, 0) is 9.31 Å². The molecule has 7 heteroatoms. The molecule has 0 aromatic heterocycles. The zero-order valence-electron chi connectivity index (χ0n) is 16.9. The summed E-state index contributed by atoms with van der Waals surface area (Å²) in [5.41, 5.74) is 1.20. The lowest BCUT2D eigenvalue weighted by Crippen LogP contribution is -2.41. The first-order valence-electron chi connectivity index (χ1n) is 9.64. The van der Waals surface area contributed by atoms with E-state index < -0.39 is 18.3 Å². The van der Waals surface area contributed by atoms with Crippen LogP contribution in [0, 0.1) is 12.8 Å². The molecule has 0 saturated carbocycles. The molecule has 2 bridgehead atoms. The van der Waals surface area contributed by atoms with Gasteiger partial charge in [0.05, 0.1) is 28.4 Å². The Morgan fingerprint density at radius 2 is 1.85 bits per heavy atom. The van der Waals surface area contributed by atoms with Gasteiger partial charge in [0.25, 0.3) is 5.91 Å². The van der Waals surface area contributed by atoms with Crippen LogP contribution in [-0.4, -0.2) is 48.3 Å². The molecule has 3 heterocycles. The smallest absolute Gasteiger partial charge is 0.491 e. The number of amides is 1. The van der Waals surface area contributed by atoms with E-state index in [0.717, 1.165) is 24.0 Å². The number of fused-ring (bicyclic) bond motifs is 3. The summed E-state index contributed by atoms with van der Waals surface area (Å²) in [4.78, 5) is 15.2.